The summed E-state index contributed by atoms with van der Waals surface area (Å²) < 4.78 is 37.2. The van der Waals surface area contributed by atoms with Crippen LogP contribution in [0.5, 0.6) is 5.75 Å². The zero-order valence-corrected chi connectivity index (χ0v) is 12.5. The summed E-state index contributed by atoms with van der Waals surface area (Å²) >= 11 is 0. The van der Waals surface area contributed by atoms with Gasteiger partial charge in [-0.2, -0.15) is 4.31 Å². The van der Waals surface area contributed by atoms with Crippen molar-refractivity contribution in [2.75, 3.05) is 32.5 Å². The van der Waals surface area contributed by atoms with E-state index in [0.29, 0.717) is 25.4 Å². The van der Waals surface area contributed by atoms with Crippen LogP contribution in [-0.4, -0.2) is 45.6 Å². The second kappa shape index (κ2) is 5.99. The highest BCUT2D eigenvalue weighted by Crippen LogP contribution is 2.27. The molecule has 6 nitrogen and oxygen atoms in total. The molecule has 0 radical (unpaired) electrons. The summed E-state index contributed by atoms with van der Waals surface area (Å²) in [7, 11) is -2.08. The number of sulfonamides is 1. The fourth-order valence-corrected chi connectivity index (χ4v) is 3.74. The fourth-order valence-electron chi connectivity index (χ4n) is 2.19. The molecule has 20 heavy (non-hydrogen) atoms. The lowest BCUT2D eigenvalue weighted by molar-refractivity contribution is -0.00276. The van der Waals surface area contributed by atoms with E-state index in [-0.39, 0.29) is 16.7 Å². The summed E-state index contributed by atoms with van der Waals surface area (Å²) in [4.78, 5) is 0.120. The molecule has 1 aromatic carbocycles. The number of benzene rings is 1. The van der Waals surface area contributed by atoms with Gasteiger partial charge in [-0.3, -0.25) is 0 Å². The van der Waals surface area contributed by atoms with Gasteiger partial charge in [-0.05, 0) is 18.6 Å². The van der Waals surface area contributed by atoms with Gasteiger partial charge in [0, 0.05) is 19.2 Å². The molecule has 1 fully saturated rings. The molecule has 1 saturated heterocycles. The van der Waals surface area contributed by atoms with Crippen molar-refractivity contribution in [3.63, 3.8) is 0 Å². The van der Waals surface area contributed by atoms with E-state index in [1.165, 1.54) is 23.5 Å². The number of morpholine rings is 1. The normalized spacial score (nSPS) is 20.8. The Hall–Kier alpha value is -1.31. The highest BCUT2D eigenvalue weighted by molar-refractivity contribution is 7.89. The van der Waals surface area contributed by atoms with Gasteiger partial charge in [-0.25, -0.2) is 8.42 Å². The third-order valence-electron chi connectivity index (χ3n) is 3.39. The van der Waals surface area contributed by atoms with E-state index < -0.39 is 10.0 Å². The second-order valence-electron chi connectivity index (χ2n) is 4.67. The number of nitrogen functional groups attached to an aromatic ring is 1. The lowest BCUT2D eigenvalue weighted by Gasteiger charge is -2.31. The predicted molar refractivity (Wildman–Crippen MR) is 76.2 cm³/mol. The quantitative estimate of drug-likeness (QED) is 0.841. The van der Waals surface area contributed by atoms with Gasteiger partial charge >= 0.3 is 0 Å². The summed E-state index contributed by atoms with van der Waals surface area (Å²) in [6, 6.07) is 4.60. The molecular weight excluding hydrogens is 280 g/mol. The smallest absolute Gasteiger partial charge is 0.245 e. The Morgan fingerprint density at radius 1 is 1.50 bits per heavy atom. The first kappa shape index (κ1) is 15.1. The molecule has 0 amide bonds. The SMILES string of the molecule is CCC1CN(S(=O)(=O)c2ccc(OC)cc2N)CCO1. The Morgan fingerprint density at radius 3 is 2.85 bits per heavy atom. The topological polar surface area (TPSA) is 81.9 Å². The van der Waals surface area contributed by atoms with E-state index in [1.54, 1.807) is 6.07 Å². The van der Waals surface area contributed by atoms with Crippen LogP contribution in [0, 0.1) is 0 Å². The zero-order chi connectivity index (χ0) is 14.8. The van der Waals surface area contributed by atoms with E-state index in [9.17, 15) is 8.42 Å². The van der Waals surface area contributed by atoms with Crippen molar-refractivity contribution < 1.29 is 17.9 Å². The summed E-state index contributed by atoms with van der Waals surface area (Å²) in [6.45, 7) is 3.10. The molecule has 0 bridgehead atoms. The summed E-state index contributed by atoms with van der Waals surface area (Å²) in [6.07, 6.45) is 0.724. The van der Waals surface area contributed by atoms with E-state index in [1.807, 2.05) is 6.92 Å². The minimum absolute atomic E-state index is 0.0574. The van der Waals surface area contributed by atoms with Crippen LogP contribution in [0.4, 0.5) is 5.69 Å². The third kappa shape index (κ3) is 2.89. The maximum Gasteiger partial charge on any atom is 0.245 e. The molecule has 2 rings (SSSR count). The van der Waals surface area contributed by atoms with Crippen LogP contribution in [0.3, 0.4) is 0 Å². The molecule has 1 aliphatic heterocycles. The number of anilines is 1. The molecule has 0 aromatic heterocycles. The molecule has 0 aliphatic carbocycles. The average molecular weight is 300 g/mol. The summed E-state index contributed by atoms with van der Waals surface area (Å²) in [5, 5.41) is 0. The van der Waals surface area contributed by atoms with Gasteiger partial charge in [0.2, 0.25) is 10.0 Å². The van der Waals surface area contributed by atoms with Gasteiger partial charge in [0.15, 0.2) is 0 Å². The van der Waals surface area contributed by atoms with Crippen LogP contribution < -0.4 is 10.5 Å². The zero-order valence-electron chi connectivity index (χ0n) is 11.7. The van der Waals surface area contributed by atoms with Crippen molar-refractivity contribution in [2.24, 2.45) is 0 Å². The van der Waals surface area contributed by atoms with Gasteiger partial charge in [-0.15, -0.1) is 0 Å². The van der Waals surface area contributed by atoms with Crippen molar-refractivity contribution in [3.05, 3.63) is 18.2 Å². The van der Waals surface area contributed by atoms with Crippen LogP contribution in [0.2, 0.25) is 0 Å². The molecule has 1 atom stereocenters. The van der Waals surface area contributed by atoms with Crippen molar-refractivity contribution >= 4 is 15.7 Å². The van der Waals surface area contributed by atoms with Crippen LogP contribution >= 0.6 is 0 Å². The van der Waals surface area contributed by atoms with Gasteiger partial charge in [-0.1, -0.05) is 6.92 Å². The van der Waals surface area contributed by atoms with Gasteiger partial charge < -0.3 is 15.2 Å². The van der Waals surface area contributed by atoms with E-state index in [4.69, 9.17) is 15.2 Å². The molecule has 1 aromatic rings. The Kier molecular flexibility index (Phi) is 4.52. The first-order valence-electron chi connectivity index (χ1n) is 6.54. The fraction of sp³-hybridized carbons (Fsp3) is 0.538. The summed E-state index contributed by atoms with van der Waals surface area (Å²) in [5.41, 5.74) is 6.04. The number of rotatable bonds is 4. The Balaban J connectivity index is 2.30. The van der Waals surface area contributed by atoms with Crippen molar-refractivity contribution in [3.8, 4) is 5.75 Å². The Bertz CT molecular complexity index is 574. The minimum Gasteiger partial charge on any atom is -0.497 e. The van der Waals surface area contributed by atoms with E-state index in [2.05, 4.69) is 0 Å². The first-order chi connectivity index (χ1) is 9.48. The third-order valence-corrected chi connectivity index (χ3v) is 5.33. The van der Waals surface area contributed by atoms with E-state index in [0.717, 1.165) is 6.42 Å². The number of nitrogens with zero attached hydrogens (tertiary/aromatic N) is 1. The van der Waals surface area contributed by atoms with Crippen LogP contribution in [0.25, 0.3) is 0 Å². The highest BCUT2D eigenvalue weighted by atomic mass is 32.2. The minimum atomic E-state index is -3.59. The highest BCUT2D eigenvalue weighted by Gasteiger charge is 2.31. The molecule has 112 valence electrons. The number of methoxy groups -OCH3 is 1. The maximum atomic E-state index is 12.6. The van der Waals surface area contributed by atoms with Gasteiger partial charge in [0.05, 0.1) is 25.5 Å². The molecule has 1 heterocycles. The lowest BCUT2D eigenvalue weighted by Crippen LogP contribution is -2.45. The van der Waals surface area contributed by atoms with Crippen molar-refractivity contribution in [1.82, 2.24) is 4.31 Å². The Morgan fingerprint density at radius 2 is 2.25 bits per heavy atom. The van der Waals surface area contributed by atoms with Crippen molar-refractivity contribution in [2.45, 2.75) is 24.3 Å². The molecule has 2 N–H and O–H groups in total. The lowest BCUT2D eigenvalue weighted by atomic mass is 10.2. The Labute approximate surface area is 119 Å². The summed E-state index contributed by atoms with van der Waals surface area (Å²) in [5.74, 6) is 0.537. The second-order valence-corrected chi connectivity index (χ2v) is 6.57. The van der Waals surface area contributed by atoms with Gasteiger partial charge in [0.25, 0.3) is 0 Å². The van der Waals surface area contributed by atoms with Crippen LogP contribution in [-0.2, 0) is 14.8 Å². The number of hydrogen-bond donors (Lipinski definition) is 1. The van der Waals surface area contributed by atoms with Crippen LogP contribution in [0.15, 0.2) is 23.1 Å². The molecule has 0 spiro atoms. The van der Waals surface area contributed by atoms with E-state index >= 15 is 0 Å². The molecule has 7 heteroatoms. The molecule has 1 aliphatic rings. The largest absolute Gasteiger partial charge is 0.497 e. The van der Waals surface area contributed by atoms with Crippen LogP contribution in [0.1, 0.15) is 13.3 Å². The van der Waals surface area contributed by atoms with Crippen molar-refractivity contribution in [1.29, 1.82) is 0 Å². The maximum absolute atomic E-state index is 12.6. The number of hydrogen-bond acceptors (Lipinski definition) is 5. The first-order valence-corrected chi connectivity index (χ1v) is 7.98. The monoisotopic (exact) mass is 300 g/mol. The molecule has 0 saturated carbocycles. The number of nitrogens with two attached hydrogens (primary N) is 1. The number of ether oxygens (including phenoxy) is 2. The average Bonchev–Trinajstić information content (AvgIpc) is 2.46. The standard InChI is InChI=1S/C13H20N2O4S/c1-3-10-9-15(6-7-19-10)20(16,17)13-5-4-11(18-2)8-12(13)14/h4-5,8,10H,3,6-7,9,14H2,1-2H3. The molecule has 1 unspecified atom stereocenters. The molecular formula is C13H20N2O4S. The predicted octanol–water partition coefficient (Wildman–Crippen LogP) is 1.08. The van der Waals surface area contributed by atoms with Gasteiger partial charge in [0.1, 0.15) is 10.6 Å².